The number of carbonyl (C=O) groups excluding carboxylic acids is 2. The van der Waals surface area contributed by atoms with Crippen LogP contribution >= 0.6 is 0 Å². The first-order valence-electron chi connectivity index (χ1n) is 10.2. The molecular formula is C19H30N4O6. The van der Waals surface area contributed by atoms with Crippen LogP contribution in [0.15, 0.2) is 0 Å². The molecule has 0 radical (unpaired) electrons. The second kappa shape index (κ2) is 8.53. The number of hydrogen-bond donors (Lipinski definition) is 5. The quantitative estimate of drug-likeness (QED) is 0.342. The van der Waals surface area contributed by atoms with Gasteiger partial charge in [0.25, 0.3) is 5.91 Å². The van der Waals surface area contributed by atoms with Crippen LogP contribution in [-0.4, -0.2) is 104 Å². The zero-order valence-electron chi connectivity index (χ0n) is 16.6. The van der Waals surface area contributed by atoms with E-state index in [1.807, 2.05) is 4.90 Å². The van der Waals surface area contributed by atoms with Gasteiger partial charge in [-0.2, -0.15) is 5.26 Å². The van der Waals surface area contributed by atoms with Crippen molar-refractivity contribution in [2.75, 3.05) is 26.2 Å². The lowest BCUT2D eigenvalue weighted by molar-refractivity contribution is -0.194. The largest absolute Gasteiger partial charge is 0.390 e. The van der Waals surface area contributed by atoms with Crippen LogP contribution in [0, 0.1) is 17.2 Å². The van der Waals surface area contributed by atoms with E-state index in [0.29, 0.717) is 32.5 Å². The summed E-state index contributed by atoms with van der Waals surface area (Å²) in [6.07, 6.45) is -2.47. The van der Waals surface area contributed by atoms with E-state index >= 15 is 0 Å². The first kappa shape index (κ1) is 21.9. The molecule has 10 nitrogen and oxygen atoms in total. The molecule has 1 saturated carbocycles. The van der Waals surface area contributed by atoms with E-state index in [4.69, 9.17) is 5.26 Å². The third kappa shape index (κ3) is 4.25. The lowest BCUT2D eigenvalue weighted by atomic mass is 9.71. The number of hydrogen-bond acceptors (Lipinski definition) is 8. The van der Waals surface area contributed by atoms with Crippen molar-refractivity contribution in [2.45, 2.75) is 68.6 Å². The number of nitrogens with one attached hydrogen (secondary N) is 1. The number of nitriles is 1. The number of amides is 2. The molecule has 29 heavy (non-hydrogen) atoms. The van der Waals surface area contributed by atoms with Gasteiger partial charge in [0.05, 0.1) is 24.8 Å². The Morgan fingerprint density at radius 2 is 1.93 bits per heavy atom. The molecule has 1 aliphatic carbocycles. The fourth-order valence-corrected chi connectivity index (χ4v) is 4.62. The van der Waals surface area contributed by atoms with Crippen molar-refractivity contribution in [1.82, 2.24) is 15.1 Å². The van der Waals surface area contributed by atoms with Crippen molar-refractivity contribution in [3.8, 4) is 6.07 Å². The van der Waals surface area contributed by atoms with Crippen LogP contribution < -0.4 is 5.32 Å². The summed E-state index contributed by atoms with van der Waals surface area (Å²) in [6, 6.07) is 1.51. The molecule has 0 spiro atoms. The van der Waals surface area contributed by atoms with Gasteiger partial charge in [-0.3, -0.25) is 14.5 Å². The van der Waals surface area contributed by atoms with Crippen molar-refractivity contribution in [2.24, 2.45) is 5.92 Å². The Labute approximate surface area is 169 Å². The molecule has 2 heterocycles. The third-order valence-electron chi connectivity index (χ3n) is 6.61. The van der Waals surface area contributed by atoms with Gasteiger partial charge in [0.1, 0.15) is 12.1 Å². The van der Waals surface area contributed by atoms with Crippen molar-refractivity contribution >= 4 is 11.8 Å². The second-order valence-electron chi connectivity index (χ2n) is 8.53. The Kier molecular flexibility index (Phi) is 6.45. The van der Waals surface area contributed by atoms with Gasteiger partial charge in [-0.1, -0.05) is 6.92 Å². The molecule has 2 amide bonds. The number of likely N-dealkylation sites (tertiary alicyclic amines) is 2. The van der Waals surface area contributed by atoms with Gasteiger partial charge in [0.2, 0.25) is 5.91 Å². The highest BCUT2D eigenvalue weighted by molar-refractivity contribution is 5.86. The monoisotopic (exact) mass is 410 g/mol. The SMILES string of the molecule is C[C@@H]1[C@@H](O)[C@H](O)[C@H](O)C[C@]1(O)C(=O)N[C@H]1CCN(CC(=O)N2CCCC2C#N)C1. The van der Waals surface area contributed by atoms with Gasteiger partial charge in [0.15, 0.2) is 5.60 Å². The average molecular weight is 410 g/mol. The minimum Gasteiger partial charge on any atom is -0.390 e. The summed E-state index contributed by atoms with van der Waals surface area (Å²) in [5.74, 6) is -1.74. The highest BCUT2D eigenvalue weighted by Crippen LogP contribution is 2.35. The van der Waals surface area contributed by atoms with Crippen LogP contribution in [0.4, 0.5) is 0 Å². The first-order chi connectivity index (χ1) is 13.7. The zero-order chi connectivity index (χ0) is 21.3. The summed E-state index contributed by atoms with van der Waals surface area (Å²) in [6.45, 7) is 3.25. The smallest absolute Gasteiger partial charge is 0.252 e. The fraction of sp³-hybridized carbons (Fsp3) is 0.842. The average Bonchev–Trinajstić information content (AvgIpc) is 3.33. The number of aliphatic hydroxyl groups excluding tert-OH is 3. The van der Waals surface area contributed by atoms with Crippen LogP contribution in [0.2, 0.25) is 0 Å². The molecule has 10 heteroatoms. The molecule has 3 fully saturated rings. The summed E-state index contributed by atoms with van der Waals surface area (Å²) in [4.78, 5) is 28.7. The third-order valence-corrected chi connectivity index (χ3v) is 6.61. The van der Waals surface area contributed by atoms with Crippen molar-refractivity contribution in [3.63, 3.8) is 0 Å². The van der Waals surface area contributed by atoms with E-state index in [1.165, 1.54) is 6.92 Å². The number of aliphatic hydroxyl groups is 4. The molecule has 5 N–H and O–H groups in total. The Morgan fingerprint density at radius 1 is 1.21 bits per heavy atom. The molecule has 3 aliphatic rings. The molecule has 1 unspecified atom stereocenters. The van der Waals surface area contributed by atoms with Gasteiger partial charge in [-0.05, 0) is 19.3 Å². The van der Waals surface area contributed by atoms with E-state index < -0.39 is 35.7 Å². The Balaban J connectivity index is 1.54. The highest BCUT2D eigenvalue weighted by Gasteiger charge is 2.54. The van der Waals surface area contributed by atoms with E-state index in [9.17, 15) is 30.0 Å². The summed E-state index contributed by atoms with van der Waals surface area (Å²) in [5.41, 5.74) is -1.99. The Morgan fingerprint density at radius 3 is 2.62 bits per heavy atom. The van der Waals surface area contributed by atoms with E-state index in [-0.39, 0.29) is 31.0 Å². The van der Waals surface area contributed by atoms with Crippen LogP contribution in [0.1, 0.15) is 32.6 Å². The minimum absolute atomic E-state index is 0.0965. The lowest BCUT2D eigenvalue weighted by Gasteiger charge is -2.44. The molecule has 3 rings (SSSR count). The van der Waals surface area contributed by atoms with Crippen LogP contribution in [-0.2, 0) is 9.59 Å². The van der Waals surface area contributed by atoms with Crippen LogP contribution in [0.5, 0.6) is 0 Å². The van der Waals surface area contributed by atoms with E-state index in [0.717, 1.165) is 6.42 Å². The van der Waals surface area contributed by atoms with Crippen LogP contribution in [0.25, 0.3) is 0 Å². The van der Waals surface area contributed by atoms with Gasteiger partial charge in [-0.15, -0.1) is 0 Å². The summed E-state index contributed by atoms with van der Waals surface area (Å²) in [5, 5.41) is 52.3. The topological polar surface area (TPSA) is 157 Å². The number of nitrogens with zero attached hydrogens (tertiary/aromatic N) is 3. The Hall–Kier alpha value is -1.77. The van der Waals surface area contributed by atoms with Crippen molar-refractivity contribution in [3.05, 3.63) is 0 Å². The molecule has 0 bridgehead atoms. The molecule has 7 atom stereocenters. The summed E-state index contributed by atoms with van der Waals surface area (Å²) < 4.78 is 0. The molecular weight excluding hydrogens is 380 g/mol. The maximum Gasteiger partial charge on any atom is 0.252 e. The molecule has 162 valence electrons. The molecule has 2 aliphatic heterocycles. The molecule has 0 aromatic heterocycles. The predicted molar refractivity (Wildman–Crippen MR) is 100 cm³/mol. The molecule has 2 saturated heterocycles. The van der Waals surface area contributed by atoms with Gasteiger partial charge in [-0.25, -0.2) is 0 Å². The van der Waals surface area contributed by atoms with Crippen molar-refractivity contribution in [1.29, 1.82) is 5.26 Å². The fourth-order valence-electron chi connectivity index (χ4n) is 4.62. The summed E-state index contributed by atoms with van der Waals surface area (Å²) in [7, 11) is 0. The van der Waals surface area contributed by atoms with Crippen LogP contribution in [0.3, 0.4) is 0 Å². The minimum atomic E-state index is -1.99. The maximum atomic E-state index is 12.7. The first-order valence-corrected chi connectivity index (χ1v) is 10.2. The van der Waals surface area contributed by atoms with Gasteiger partial charge < -0.3 is 30.6 Å². The van der Waals surface area contributed by atoms with Gasteiger partial charge >= 0.3 is 0 Å². The van der Waals surface area contributed by atoms with E-state index in [1.54, 1.807) is 4.90 Å². The second-order valence-corrected chi connectivity index (χ2v) is 8.53. The number of carbonyl (C=O) groups is 2. The lowest BCUT2D eigenvalue weighted by Crippen LogP contribution is -2.65. The maximum absolute atomic E-state index is 12.7. The molecule has 0 aromatic carbocycles. The highest BCUT2D eigenvalue weighted by atomic mass is 16.4. The predicted octanol–water partition coefficient (Wildman–Crippen LogP) is -2.45. The van der Waals surface area contributed by atoms with Crippen molar-refractivity contribution < 1.29 is 30.0 Å². The Bertz CT molecular complexity index is 684. The van der Waals surface area contributed by atoms with Gasteiger partial charge in [0, 0.05) is 38.0 Å². The normalized spacial score (nSPS) is 40.6. The zero-order valence-corrected chi connectivity index (χ0v) is 16.6. The molecule has 0 aromatic rings. The standard InChI is InChI=1S/C19H30N4O6/c1-11-16(26)17(27)14(24)7-19(11,29)18(28)21-12-4-6-22(9-12)10-15(25)23-5-2-3-13(23)8-20/h11-14,16-17,24,26-27,29H,2-7,9-10H2,1H3,(H,21,28)/t11-,12+,13?,14-,16-,17-,19-/m1/s1. The summed E-state index contributed by atoms with van der Waals surface area (Å²) >= 11 is 0. The van der Waals surface area contributed by atoms with E-state index in [2.05, 4.69) is 11.4 Å². The number of rotatable bonds is 4.